The van der Waals surface area contributed by atoms with Crippen molar-refractivity contribution in [1.29, 1.82) is 0 Å². The van der Waals surface area contributed by atoms with E-state index in [0.717, 1.165) is 37.0 Å². The normalized spacial score (nSPS) is 31.5. The second kappa shape index (κ2) is 6.88. The van der Waals surface area contributed by atoms with Crippen LogP contribution in [0.15, 0.2) is 0 Å². The molecule has 0 aromatic carbocycles. The predicted molar refractivity (Wildman–Crippen MR) is 91.6 cm³/mol. The molecule has 0 radical (unpaired) electrons. The zero-order valence-electron chi connectivity index (χ0n) is 14.3. The number of nitrogens with two attached hydrogens (primary N) is 1. The van der Waals surface area contributed by atoms with E-state index >= 15 is 0 Å². The highest BCUT2D eigenvalue weighted by molar-refractivity contribution is 6.09. The minimum Gasteiger partial charge on any atom is -0.337 e. The van der Waals surface area contributed by atoms with E-state index in [-0.39, 0.29) is 48.8 Å². The first-order valence-electron chi connectivity index (χ1n) is 8.53. The number of imide groups is 1. The van der Waals surface area contributed by atoms with Crippen LogP contribution in [0.1, 0.15) is 46.0 Å². The molecule has 3 rings (SSSR count). The molecule has 136 valence electrons. The summed E-state index contributed by atoms with van der Waals surface area (Å²) in [5.74, 6) is -0.255. The first-order chi connectivity index (χ1) is 10.8. The molecule has 0 bridgehead atoms. The molecule has 3 fully saturated rings. The molecule has 3 atom stereocenters. The molecular formula is C16H27ClN4O3. The van der Waals surface area contributed by atoms with Crippen molar-refractivity contribution in [2.24, 2.45) is 11.7 Å². The first kappa shape index (κ1) is 19.0. The largest absolute Gasteiger partial charge is 0.337 e. The molecule has 1 aliphatic carbocycles. The molecule has 24 heavy (non-hydrogen) atoms. The minimum absolute atomic E-state index is 0. The number of urea groups is 1. The van der Waals surface area contributed by atoms with E-state index in [9.17, 15) is 14.4 Å². The Bertz CT molecular complexity index is 537. The highest BCUT2D eigenvalue weighted by atomic mass is 35.5. The van der Waals surface area contributed by atoms with Gasteiger partial charge in [-0.05, 0) is 51.9 Å². The molecular weight excluding hydrogens is 332 g/mol. The lowest BCUT2D eigenvalue weighted by Crippen LogP contribution is -2.54. The molecule has 3 aliphatic rings. The van der Waals surface area contributed by atoms with Crippen LogP contribution in [0.2, 0.25) is 0 Å². The number of rotatable bonds is 4. The molecule has 0 aromatic heterocycles. The van der Waals surface area contributed by atoms with Crippen LogP contribution in [0.5, 0.6) is 0 Å². The number of amides is 4. The third kappa shape index (κ3) is 3.24. The van der Waals surface area contributed by atoms with Gasteiger partial charge in [-0.15, -0.1) is 12.4 Å². The molecule has 2 saturated heterocycles. The van der Waals surface area contributed by atoms with Gasteiger partial charge in [0.1, 0.15) is 12.1 Å². The zero-order valence-corrected chi connectivity index (χ0v) is 15.1. The van der Waals surface area contributed by atoms with Gasteiger partial charge in [-0.3, -0.25) is 14.5 Å². The van der Waals surface area contributed by atoms with Crippen molar-refractivity contribution >= 4 is 30.3 Å². The summed E-state index contributed by atoms with van der Waals surface area (Å²) in [6.45, 7) is 4.12. The van der Waals surface area contributed by atoms with Gasteiger partial charge in [0.2, 0.25) is 5.91 Å². The summed E-state index contributed by atoms with van der Waals surface area (Å²) in [6.07, 6.45) is 4.77. The van der Waals surface area contributed by atoms with Crippen LogP contribution in [0.3, 0.4) is 0 Å². The quantitative estimate of drug-likeness (QED) is 0.728. The molecule has 4 amide bonds. The van der Waals surface area contributed by atoms with Gasteiger partial charge < -0.3 is 16.0 Å². The smallest absolute Gasteiger partial charge is 0.325 e. The minimum atomic E-state index is -0.834. The van der Waals surface area contributed by atoms with Gasteiger partial charge in [-0.2, -0.15) is 0 Å². The third-order valence-corrected chi connectivity index (χ3v) is 5.46. The van der Waals surface area contributed by atoms with Gasteiger partial charge in [-0.1, -0.05) is 0 Å². The second-order valence-corrected chi connectivity index (χ2v) is 7.31. The maximum absolute atomic E-state index is 12.7. The Balaban J connectivity index is 0.00000208. The lowest BCUT2D eigenvalue weighted by molar-refractivity contribution is -0.141. The number of piperidine rings is 1. The van der Waals surface area contributed by atoms with E-state index in [4.69, 9.17) is 5.73 Å². The molecule has 8 heteroatoms. The second-order valence-electron chi connectivity index (χ2n) is 7.31. The maximum atomic E-state index is 12.7. The van der Waals surface area contributed by atoms with Gasteiger partial charge in [0.15, 0.2) is 0 Å². The van der Waals surface area contributed by atoms with Crippen molar-refractivity contribution in [3.05, 3.63) is 0 Å². The highest BCUT2D eigenvalue weighted by Crippen LogP contribution is 2.42. The van der Waals surface area contributed by atoms with Crippen LogP contribution in [-0.4, -0.2) is 58.4 Å². The van der Waals surface area contributed by atoms with E-state index in [2.05, 4.69) is 5.32 Å². The number of carbonyl (C=O) groups is 3. The monoisotopic (exact) mass is 358 g/mol. The average molecular weight is 359 g/mol. The predicted octanol–water partition coefficient (Wildman–Crippen LogP) is 0.857. The van der Waals surface area contributed by atoms with Crippen LogP contribution < -0.4 is 11.1 Å². The van der Waals surface area contributed by atoms with Gasteiger partial charge in [0.25, 0.3) is 5.91 Å². The third-order valence-electron chi connectivity index (χ3n) is 5.46. The van der Waals surface area contributed by atoms with Crippen LogP contribution >= 0.6 is 12.4 Å². The Kier molecular flexibility index (Phi) is 5.44. The fourth-order valence-electron chi connectivity index (χ4n) is 3.84. The van der Waals surface area contributed by atoms with Crippen molar-refractivity contribution in [1.82, 2.24) is 15.1 Å². The van der Waals surface area contributed by atoms with Gasteiger partial charge in [0.05, 0.1) is 0 Å². The molecule has 3 N–H and O–H groups in total. The van der Waals surface area contributed by atoms with Crippen molar-refractivity contribution in [2.75, 3.05) is 13.1 Å². The Morgan fingerprint density at radius 1 is 1.33 bits per heavy atom. The van der Waals surface area contributed by atoms with Gasteiger partial charge in [0, 0.05) is 18.6 Å². The Morgan fingerprint density at radius 2 is 2.00 bits per heavy atom. The number of halogens is 1. The van der Waals surface area contributed by atoms with Crippen molar-refractivity contribution in [3.8, 4) is 0 Å². The summed E-state index contributed by atoms with van der Waals surface area (Å²) in [7, 11) is 0. The van der Waals surface area contributed by atoms with Crippen LogP contribution in [0, 0.1) is 5.92 Å². The number of nitrogens with one attached hydrogen (secondary N) is 1. The molecule has 2 aliphatic heterocycles. The maximum Gasteiger partial charge on any atom is 0.325 e. The summed E-state index contributed by atoms with van der Waals surface area (Å²) in [6, 6.07) is -0.571. The van der Waals surface area contributed by atoms with Gasteiger partial charge >= 0.3 is 6.03 Å². The van der Waals surface area contributed by atoms with E-state index in [1.165, 1.54) is 0 Å². The zero-order chi connectivity index (χ0) is 16.8. The Morgan fingerprint density at radius 3 is 2.58 bits per heavy atom. The average Bonchev–Trinajstić information content (AvgIpc) is 3.33. The number of nitrogens with zero attached hydrogens (tertiary/aromatic N) is 2. The van der Waals surface area contributed by atoms with E-state index in [1.807, 2.05) is 6.92 Å². The summed E-state index contributed by atoms with van der Waals surface area (Å²) in [5, 5.41) is 2.78. The number of carbonyl (C=O) groups excluding carboxylic acids is 3. The number of likely N-dealkylation sites (tertiary alicyclic amines) is 1. The summed E-state index contributed by atoms with van der Waals surface area (Å²) in [4.78, 5) is 40.2. The summed E-state index contributed by atoms with van der Waals surface area (Å²) in [5.41, 5.74) is 5.16. The highest BCUT2D eigenvalue weighted by Gasteiger charge is 2.56. The molecule has 1 saturated carbocycles. The number of hydrogen-bond acceptors (Lipinski definition) is 4. The van der Waals surface area contributed by atoms with Crippen LogP contribution in [0.4, 0.5) is 4.79 Å². The summed E-state index contributed by atoms with van der Waals surface area (Å²) >= 11 is 0. The van der Waals surface area contributed by atoms with E-state index in [0.29, 0.717) is 6.54 Å². The lowest BCUT2D eigenvalue weighted by atomic mass is 9.96. The molecule has 2 heterocycles. The lowest BCUT2D eigenvalue weighted by Gasteiger charge is -2.38. The van der Waals surface area contributed by atoms with E-state index in [1.54, 1.807) is 11.8 Å². The van der Waals surface area contributed by atoms with Crippen molar-refractivity contribution < 1.29 is 14.4 Å². The first-order valence-corrected chi connectivity index (χ1v) is 8.53. The van der Waals surface area contributed by atoms with Crippen molar-refractivity contribution in [2.45, 2.75) is 63.6 Å². The Hall–Kier alpha value is -1.34. The molecule has 0 spiro atoms. The molecule has 7 nitrogen and oxygen atoms in total. The fraction of sp³-hybridized carbons (Fsp3) is 0.812. The van der Waals surface area contributed by atoms with Gasteiger partial charge in [-0.25, -0.2) is 4.79 Å². The molecule has 3 unspecified atom stereocenters. The van der Waals surface area contributed by atoms with Crippen LogP contribution in [-0.2, 0) is 9.59 Å². The Labute approximate surface area is 148 Å². The summed E-state index contributed by atoms with van der Waals surface area (Å²) < 4.78 is 0. The molecule has 0 aromatic rings. The van der Waals surface area contributed by atoms with Crippen molar-refractivity contribution in [3.63, 3.8) is 0 Å². The fourth-order valence-corrected chi connectivity index (χ4v) is 3.84. The standard InChI is InChI=1S/C16H26N4O3.ClH/c1-10(17)12-5-3-4-8-19(12)13(21)9-20-14(22)16(2,11-6-7-11)18-15(20)23;/h10-12H,3-9,17H2,1-2H3,(H,18,23);1H. The van der Waals surface area contributed by atoms with E-state index < -0.39 is 11.6 Å². The SMILES string of the molecule is CC(N)C1CCCCN1C(=O)CN1C(=O)NC(C)(C2CC2)C1=O.Cl. The van der Waals surface area contributed by atoms with Crippen LogP contribution in [0.25, 0.3) is 0 Å². The topological polar surface area (TPSA) is 95.7 Å². The number of hydrogen-bond donors (Lipinski definition) is 2.